The average Bonchev–Trinajstić information content (AvgIpc) is 2.54. The predicted octanol–water partition coefficient (Wildman–Crippen LogP) is 2.83. The Balaban J connectivity index is 1.87. The third-order valence-corrected chi connectivity index (χ3v) is 2.97. The van der Waals surface area contributed by atoms with Crippen molar-refractivity contribution in [1.82, 2.24) is 5.32 Å². The first-order chi connectivity index (χ1) is 10.3. The standard InChI is InChI=1S/C17H21NO3/c1-2-18-14(12-19)13-20-15-8-10-17(11-9-15)21-16-6-4-3-5-7-16/h3-11,14,18-19H,2,12-13H2,1H3. The van der Waals surface area contributed by atoms with Crippen LogP contribution in [0.4, 0.5) is 0 Å². The zero-order valence-corrected chi connectivity index (χ0v) is 12.2. The maximum Gasteiger partial charge on any atom is 0.127 e. The van der Waals surface area contributed by atoms with E-state index in [1.165, 1.54) is 0 Å². The Morgan fingerprint density at radius 2 is 1.57 bits per heavy atom. The summed E-state index contributed by atoms with van der Waals surface area (Å²) >= 11 is 0. The zero-order chi connectivity index (χ0) is 14.9. The van der Waals surface area contributed by atoms with Crippen LogP contribution >= 0.6 is 0 Å². The highest BCUT2D eigenvalue weighted by Crippen LogP contribution is 2.23. The highest BCUT2D eigenvalue weighted by molar-refractivity contribution is 5.35. The molecule has 0 heterocycles. The second-order valence-electron chi connectivity index (χ2n) is 4.63. The number of ether oxygens (including phenoxy) is 2. The summed E-state index contributed by atoms with van der Waals surface area (Å²) in [5.74, 6) is 2.32. The quantitative estimate of drug-likeness (QED) is 0.784. The summed E-state index contributed by atoms with van der Waals surface area (Å²) in [5, 5.41) is 12.3. The minimum Gasteiger partial charge on any atom is -0.492 e. The molecule has 4 heteroatoms. The summed E-state index contributed by atoms with van der Waals surface area (Å²) in [6.45, 7) is 3.29. The molecule has 0 aliphatic rings. The van der Waals surface area contributed by atoms with Gasteiger partial charge in [0.1, 0.15) is 23.9 Å². The second-order valence-corrected chi connectivity index (χ2v) is 4.63. The topological polar surface area (TPSA) is 50.7 Å². The first-order valence-electron chi connectivity index (χ1n) is 7.12. The van der Waals surface area contributed by atoms with Gasteiger partial charge < -0.3 is 19.9 Å². The highest BCUT2D eigenvalue weighted by atomic mass is 16.5. The molecule has 0 amide bonds. The molecule has 1 unspecified atom stereocenters. The Morgan fingerprint density at radius 1 is 0.952 bits per heavy atom. The van der Waals surface area contributed by atoms with E-state index < -0.39 is 0 Å². The van der Waals surface area contributed by atoms with Gasteiger partial charge in [-0.2, -0.15) is 0 Å². The Hall–Kier alpha value is -2.04. The molecule has 112 valence electrons. The van der Waals surface area contributed by atoms with E-state index >= 15 is 0 Å². The van der Waals surface area contributed by atoms with Crippen molar-refractivity contribution in [3.8, 4) is 17.2 Å². The van der Waals surface area contributed by atoms with E-state index in [4.69, 9.17) is 9.47 Å². The van der Waals surface area contributed by atoms with E-state index in [9.17, 15) is 5.11 Å². The van der Waals surface area contributed by atoms with E-state index in [1.807, 2.05) is 61.5 Å². The first kappa shape index (κ1) is 15.4. The van der Waals surface area contributed by atoms with Crippen LogP contribution in [0.25, 0.3) is 0 Å². The number of benzene rings is 2. The van der Waals surface area contributed by atoms with Crippen molar-refractivity contribution in [2.75, 3.05) is 19.8 Å². The van der Waals surface area contributed by atoms with Gasteiger partial charge in [-0.15, -0.1) is 0 Å². The van der Waals surface area contributed by atoms with Crippen LogP contribution in [0.1, 0.15) is 6.92 Å². The van der Waals surface area contributed by atoms with Crippen molar-refractivity contribution in [2.24, 2.45) is 0 Å². The lowest BCUT2D eigenvalue weighted by Gasteiger charge is -2.16. The fraction of sp³-hybridized carbons (Fsp3) is 0.294. The maximum atomic E-state index is 9.18. The lowest BCUT2D eigenvalue weighted by Crippen LogP contribution is -2.37. The Bertz CT molecular complexity index is 513. The number of para-hydroxylation sites is 1. The Morgan fingerprint density at radius 3 is 2.19 bits per heavy atom. The lowest BCUT2D eigenvalue weighted by molar-refractivity contribution is 0.184. The molecular weight excluding hydrogens is 266 g/mol. The van der Waals surface area contributed by atoms with Crippen LogP contribution in [0.3, 0.4) is 0 Å². The number of rotatable bonds is 8. The molecule has 0 spiro atoms. The summed E-state index contributed by atoms with van der Waals surface area (Å²) in [7, 11) is 0. The average molecular weight is 287 g/mol. The Kier molecular flexibility index (Phi) is 6.06. The first-order valence-corrected chi connectivity index (χ1v) is 7.12. The summed E-state index contributed by atoms with van der Waals surface area (Å²) in [5.41, 5.74) is 0. The third-order valence-electron chi connectivity index (χ3n) is 2.97. The second kappa shape index (κ2) is 8.29. The number of aliphatic hydroxyl groups excluding tert-OH is 1. The van der Waals surface area contributed by atoms with E-state index in [0.29, 0.717) is 6.61 Å². The molecule has 0 aromatic heterocycles. The fourth-order valence-electron chi connectivity index (χ4n) is 1.89. The number of likely N-dealkylation sites (N-methyl/N-ethyl adjacent to an activating group) is 1. The van der Waals surface area contributed by atoms with Gasteiger partial charge in [0.25, 0.3) is 0 Å². The number of aliphatic hydroxyl groups is 1. The summed E-state index contributed by atoms with van der Waals surface area (Å²) < 4.78 is 11.3. The van der Waals surface area contributed by atoms with Crippen molar-refractivity contribution < 1.29 is 14.6 Å². The van der Waals surface area contributed by atoms with Crippen molar-refractivity contribution in [2.45, 2.75) is 13.0 Å². The molecule has 21 heavy (non-hydrogen) atoms. The van der Waals surface area contributed by atoms with Gasteiger partial charge in [0, 0.05) is 0 Å². The largest absolute Gasteiger partial charge is 0.492 e. The van der Waals surface area contributed by atoms with E-state index in [1.54, 1.807) is 0 Å². The van der Waals surface area contributed by atoms with Gasteiger partial charge in [-0.05, 0) is 42.9 Å². The van der Waals surface area contributed by atoms with Crippen LogP contribution in [0.2, 0.25) is 0 Å². The molecule has 2 aromatic rings. The summed E-state index contributed by atoms with van der Waals surface area (Å²) in [6.07, 6.45) is 0. The van der Waals surface area contributed by atoms with Gasteiger partial charge in [0.05, 0.1) is 12.6 Å². The third kappa shape index (κ3) is 5.10. The molecule has 0 saturated carbocycles. The molecule has 0 bridgehead atoms. The molecule has 0 fully saturated rings. The molecule has 4 nitrogen and oxygen atoms in total. The SMILES string of the molecule is CCNC(CO)COc1ccc(Oc2ccccc2)cc1. The fourth-order valence-corrected chi connectivity index (χ4v) is 1.89. The zero-order valence-electron chi connectivity index (χ0n) is 12.2. The van der Waals surface area contributed by atoms with Crippen molar-refractivity contribution in [1.29, 1.82) is 0 Å². The lowest BCUT2D eigenvalue weighted by atomic mass is 10.3. The van der Waals surface area contributed by atoms with Crippen LogP contribution in [-0.2, 0) is 0 Å². The van der Waals surface area contributed by atoms with Gasteiger partial charge in [-0.1, -0.05) is 25.1 Å². The minimum absolute atomic E-state index is 0.0461. The van der Waals surface area contributed by atoms with E-state index in [-0.39, 0.29) is 12.6 Å². The smallest absolute Gasteiger partial charge is 0.127 e. The van der Waals surface area contributed by atoms with E-state index in [0.717, 1.165) is 23.8 Å². The molecule has 0 radical (unpaired) electrons. The van der Waals surface area contributed by atoms with Gasteiger partial charge in [-0.25, -0.2) is 0 Å². The maximum absolute atomic E-state index is 9.18. The van der Waals surface area contributed by atoms with Crippen LogP contribution in [0, 0.1) is 0 Å². The minimum atomic E-state index is -0.0461. The molecular formula is C17H21NO3. The number of hydrogen-bond acceptors (Lipinski definition) is 4. The molecule has 2 aromatic carbocycles. The predicted molar refractivity (Wildman–Crippen MR) is 83.0 cm³/mol. The van der Waals surface area contributed by atoms with Crippen molar-refractivity contribution in [3.05, 3.63) is 54.6 Å². The molecule has 1 atom stereocenters. The molecule has 2 N–H and O–H groups in total. The molecule has 0 aliphatic heterocycles. The van der Waals surface area contributed by atoms with Gasteiger partial charge in [0.2, 0.25) is 0 Å². The molecule has 2 rings (SSSR count). The summed E-state index contributed by atoms with van der Waals surface area (Å²) in [4.78, 5) is 0. The van der Waals surface area contributed by atoms with Crippen molar-refractivity contribution >= 4 is 0 Å². The van der Waals surface area contributed by atoms with Crippen LogP contribution in [0.15, 0.2) is 54.6 Å². The molecule has 0 saturated heterocycles. The summed E-state index contributed by atoms with van der Waals surface area (Å²) in [6, 6.07) is 17.0. The van der Waals surface area contributed by atoms with Crippen LogP contribution in [0.5, 0.6) is 17.2 Å². The Labute approximate surface area is 125 Å². The number of nitrogens with one attached hydrogen (secondary N) is 1. The van der Waals surface area contributed by atoms with Gasteiger partial charge >= 0.3 is 0 Å². The van der Waals surface area contributed by atoms with Crippen molar-refractivity contribution in [3.63, 3.8) is 0 Å². The van der Waals surface area contributed by atoms with Gasteiger partial charge in [0.15, 0.2) is 0 Å². The highest BCUT2D eigenvalue weighted by Gasteiger charge is 2.06. The number of hydrogen-bond donors (Lipinski definition) is 2. The van der Waals surface area contributed by atoms with Gasteiger partial charge in [-0.3, -0.25) is 0 Å². The van der Waals surface area contributed by atoms with E-state index in [2.05, 4.69) is 5.32 Å². The van der Waals surface area contributed by atoms with Crippen LogP contribution in [-0.4, -0.2) is 30.9 Å². The monoisotopic (exact) mass is 287 g/mol. The normalized spacial score (nSPS) is 11.9. The van der Waals surface area contributed by atoms with Crippen LogP contribution < -0.4 is 14.8 Å². The molecule has 0 aliphatic carbocycles.